The number of nitrogens with one attached hydrogen (secondary N) is 2. The highest BCUT2D eigenvalue weighted by Crippen LogP contribution is 2.24. The summed E-state index contributed by atoms with van der Waals surface area (Å²) in [7, 11) is 0. The Labute approximate surface area is 146 Å². The molecule has 3 rings (SSSR count). The largest absolute Gasteiger partial charge is 0.350 e. The molecule has 2 amide bonds. The summed E-state index contributed by atoms with van der Waals surface area (Å²) in [5, 5.41) is 5.64. The predicted molar refractivity (Wildman–Crippen MR) is 95.3 cm³/mol. The smallest absolute Gasteiger partial charge is 0.228 e. The highest BCUT2D eigenvalue weighted by Gasteiger charge is 2.19. The quantitative estimate of drug-likeness (QED) is 0.796. The molecular formula is C20H20N2O3. The van der Waals surface area contributed by atoms with Crippen molar-refractivity contribution in [1.82, 2.24) is 5.32 Å². The SMILES string of the molecule is CC(NC(=O)CCC(=O)c1ccc2c(c1)CC(=O)N2)c1ccccc1. The molecule has 1 unspecified atom stereocenters. The fourth-order valence-electron chi connectivity index (χ4n) is 2.91. The fourth-order valence-corrected chi connectivity index (χ4v) is 2.91. The van der Waals surface area contributed by atoms with Crippen LogP contribution in [-0.4, -0.2) is 17.6 Å². The van der Waals surface area contributed by atoms with Crippen molar-refractivity contribution in [2.75, 3.05) is 5.32 Å². The van der Waals surface area contributed by atoms with Gasteiger partial charge in [-0.2, -0.15) is 0 Å². The molecule has 0 aliphatic carbocycles. The molecule has 0 fully saturated rings. The molecule has 1 heterocycles. The first kappa shape index (κ1) is 16.9. The second-order valence-corrected chi connectivity index (χ2v) is 6.22. The lowest BCUT2D eigenvalue weighted by molar-refractivity contribution is -0.121. The molecule has 128 valence electrons. The lowest BCUT2D eigenvalue weighted by Crippen LogP contribution is -2.26. The van der Waals surface area contributed by atoms with Crippen molar-refractivity contribution >= 4 is 23.3 Å². The maximum absolute atomic E-state index is 12.3. The summed E-state index contributed by atoms with van der Waals surface area (Å²) in [6.45, 7) is 1.92. The van der Waals surface area contributed by atoms with Gasteiger partial charge in [-0.25, -0.2) is 0 Å². The van der Waals surface area contributed by atoms with Gasteiger partial charge >= 0.3 is 0 Å². The van der Waals surface area contributed by atoms with E-state index in [9.17, 15) is 14.4 Å². The van der Waals surface area contributed by atoms with Crippen molar-refractivity contribution in [3.63, 3.8) is 0 Å². The van der Waals surface area contributed by atoms with Crippen LogP contribution in [-0.2, 0) is 16.0 Å². The fraction of sp³-hybridized carbons (Fsp3) is 0.250. The monoisotopic (exact) mass is 336 g/mol. The lowest BCUT2D eigenvalue weighted by Gasteiger charge is -2.14. The molecule has 1 atom stereocenters. The van der Waals surface area contributed by atoms with E-state index in [0.717, 1.165) is 16.8 Å². The Hall–Kier alpha value is -2.95. The second-order valence-electron chi connectivity index (χ2n) is 6.22. The van der Waals surface area contributed by atoms with E-state index in [1.165, 1.54) is 0 Å². The van der Waals surface area contributed by atoms with E-state index < -0.39 is 0 Å². The number of benzene rings is 2. The number of fused-ring (bicyclic) bond motifs is 1. The number of Topliss-reactive ketones (excluding diaryl/α,β-unsaturated/α-hetero) is 1. The standard InChI is InChI=1S/C20H20N2O3/c1-13(14-5-3-2-4-6-14)21-19(24)10-9-18(23)15-7-8-17-16(11-15)12-20(25)22-17/h2-8,11,13H,9-10,12H2,1H3,(H,21,24)(H,22,25). The van der Waals surface area contributed by atoms with Gasteiger partial charge in [0.25, 0.3) is 0 Å². The van der Waals surface area contributed by atoms with E-state index in [0.29, 0.717) is 12.0 Å². The maximum atomic E-state index is 12.3. The van der Waals surface area contributed by atoms with E-state index in [-0.39, 0.29) is 36.5 Å². The maximum Gasteiger partial charge on any atom is 0.228 e. The number of ketones is 1. The predicted octanol–water partition coefficient (Wildman–Crippen LogP) is 3.02. The van der Waals surface area contributed by atoms with Crippen LogP contribution in [0.15, 0.2) is 48.5 Å². The van der Waals surface area contributed by atoms with E-state index in [1.54, 1.807) is 18.2 Å². The third kappa shape index (κ3) is 4.12. The summed E-state index contributed by atoms with van der Waals surface area (Å²) < 4.78 is 0. The van der Waals surface area contributed by atoms with Crippen LogP contribution in [0.3, 0.4) is 0 Å². The number of amides is 2. The zero-order valence-electron chi connectivity index (χ0n) is 14.0. The summed E-state index contributed by atoms with van der Waals surface area (Å²) in [6.07, 6.45) is 0.587. The average Bonchev–Trinajstić information content (AvgIpc) is 2.99. The van der Waals surface area contributed by atoms with E-state index in [4.69, 9.17) is 0 Å². The third-order valence-corrected chi connectivity index (χ3v) is 4.31. The molecule has 0 saturated carbocycles. The molecule has 1 aliphatic rings. The van der Waals surface area contributed by atoms with Gasteiger partial charge in [-0.1, -0.05) is 30.3 Å². The summed E-state index contributed by atoms with van der Waals surface area (Å²) in [5.41, 5.74) is 3.16. The van der Waals surface area contributed by atoms with Crippen molar-refractivity contribution in [1.29, 1.82) is 0 Å². The summed E-state index contributed by atoms with van der Waals surface area (Å²) in [6, 6.07) is 14.8. The topological polar surface area (TPSA) is 75.3 Å². The Kier molecular flexibility index (Phi) is 4.93. The van der Waals surface area contributed by atoms with E-state index in [2.05, 4.69) is 10.6 Å². The van der Waals surface area contributed by atoms with Crippen molar-refractivity contribution in [2.24, 2.45) is 0 Å². The van der Waals surface area contributed by atoms with E-state index in [1.807, 2.05) is 37.3 Å². The Morgan fingerprint density at radius 3 is 2.64 bits per heavy atom. The Morgan fingerprint density at radius 2 is 1.88 bits per heavy atom. The van der Waals surface area contributed by atoms with Gasteiger partial charge < -0.3 is 10.6 Å². The van der Waals surface area contributed by atoms with Crippen molar-refractivity contribution in [2.45, 2.75) is 32.2 Å². The molecule has 0 spiro atoms. The van der Waals surface area contributed by atoms with Crippen LogP contribution in [0.1, 0.15) is 47.3 Å². The number of anilines is 1. The zero-order chi connectivity index (χ0) is 17.8. The molecule has 0 saturated heterocycles. The average molecular weight is 336 g/mol. The van der Waals surface area contributed by atoms with Crippen molar-refractivity contribution in [3.05, 3.63) is 65.2 Å². The Balaban J connectivity index is 1.53. The van der Waals surface area contributed by atoms with Gasteiger partial charge in [-0.15, -0.1) is 0 Å². The van der Waals surface area contributed by atoms with Crippen molar-refractivity contribution in [3.8, 4) is 0 Å². The minimum atomic E-state index is -0.150. The molecule has 25 heavy (non-hydrogen) atoms. The van der Waals surface area contributed by atoms with Crippen LogP contribution in [0, 0.1) is 0 Å². The minimum Gasteiger partial charge on any atom is -0.350 e. The molecule has 0 aromatic heterocycles. The third-order valence-electron chi connectivity index (χ3n) is 4.31. The molecule has 2 aromatic rings. The summed E-state index contributed by atoms with van der Waals surface area (Å²) in [4.78, 5) is 35.7. The van der Waals surface area contributed by atoms with Gasteiger partial charge in [-0.3, -0.25) is 14.4 Å². The molecule has 2 N–H and O–H groups in total. The first-order chi connectivity index (χ1) is 12.0. The molecular weight excluding hydrogens is 316 g/mol. The normalized spacial score (nSPS) is 13.7. The van der Waals surface area contributed by atoms with Gasteiger partial charge in [0, 0.05) is 24.1 Å². The van der Waals surface area contributed by atoms with Crippen LogP contribution < -0.4 is 10.6 Å². The molecule has 0 bridgehead atoms. The van der Waals surface area contributed by atoms with Gasteiger partial charge in [0.2, 0.25) is 11.8 Å². The summed E-state index contributed by atoms with van der Waals surface area (Å²) in [5.74, 6) is -0.304. The first-order valence-electron chi connectivity index (χ1n) is 8.33. The number of carbonyl (C=O) groups is 3. The molecule has 1 aliphatic heterocycles. The number of rotatable bonds is 6. The van der Waals surface area contributed by atoms with Crippen LogP contribution in [0.2, 0.25) is 0 Å². The van der Waals surface area contributed by atoms with Crippen LogP contribution >= 0.6 is 0 Å². The molecule has 5 heteroatoms. The highest BCUT2D eigenvalue weighted by atomic mass is 16.2. The van der Waals surface area contributed by atoms with Crippen LogP contribution in [0.25, 0.3) is 0 Å². The van der Waals surface area contributed by atoms with Gasteiger partial charge in [0.15, 0.2) is 5.78 Å². The summed E-state index contributed by atoms with van der Waals surface area (Å²) >= 11 is 0. The molecule has 0 radical (unpaired) electrons. The van der Waals surface area contributed by atoms with E-state index >= 15 is 0 Å². The van der Waals surface area contributed by atoms with Gasteiger partial charge in [0.05, 0.1) is 12.5 Å². The van der Waals surface area contributed by atoms with Gasteiger partial charge in [-0.05, 0) is 36.2 Å². The Morgan fingerprint density at radius 1 is 1.12 bits per heavy atom. The minimum absolute atomic E-state index is 0.0612. The van der Waals surface area contributed by atoms with Crippen LogP contribution in [0.4, 0.5) is 5.69 Å². The highest BCUT2D eigenvalue weighted by molar-refractivity contribution is 6.02. The van der Waals surface area contributed by atoms with Crippen LogP contribution in [0.5, 0.6) is 0 Å². The van der Waals surface area contributed by atoms with Gasteiger partial charge in [0.1, 0.15) is 0 Å². The number of carbonyl (C=O) groups excluding carboxylic acids is 3. The zero-order valence-corrected chi connectivity index (χ0v) is 14.0. The van der Waals surface area contributed by atoms with Crippen molar-refractivity contribution < 1.29 is 14.4 Å². The number of hydrogen-bond donors (Lipinski definition) is 2. The molecule has 2 aromatic carbocycles. The molecule has 5 nitrogen and oxygen atoms in total. The Bertz CT molecular complexity index is 815. The second kappa shape index (κ2) is 7.30. The lowest BCUT2D eigenvalue weighted by atomic mass is 10.0. The number of hydrogen-bond acceptors (Lipinski definition) is 3. The first-order valence-corrected chi connectivity index (χ1v) is 8.33.